The Morgan fingerprint density at radius 3 is 2.85 bits per heavy atom. The van der Waals surface area contributed by atoms with Crippen molar-refractivity contribution in [1.29, 1.82) is 0 Å². The topological polar surface area (TPSA) is 67.2 Å². The van der Waals surface area contributed by atoms with Crippen molar-refractivity contribution in [3.8, 4) is 0 Å². The molecule has 1 heterocycles. The summed E-state index contributed by atoms with van der Waals surface area (Å²) in [6.07, 6.45) is 1.75. The van der Waals surface area contributed by atoms with Crippen LogP contribution < -0.4 is 5.32 Å². The maximum Gasteiger partial charge on any atom is 0.337 e. The minimum Gasteiger partial charge on any atom is -0.478 e. The van der Waals surface area contributed by atoms with Crippen LogP contribution in [-0.2, 0) is 7.05 Å². The van der Waals surface area contributed by atoms with E-state index in [-0.39, 0.29) is 5.56 Å². The number of aryl methyl sites for hydroxylation is 1. The first-order chi connectivity index (χ1) is 9.65. The first-order valence-electron chi connectivity index (χ1n) is 6.15. The van der Waals surface area contributed by atoms with Gasteiger partial charge in [0, 0.05) is 12.7 Å². The van der Waals surface area contributed by atoms with E-state index in [2.05, 4.69) is 10.3 Å². The molecule has 0 amide bonds. The van der Waals surface area contributed by atoms with E-state index >= 15 is 0 Å². The van der Waals surface area contributed by atoms with E-state index in [4.69, 9.17) is 5.11 Å². The first-order valence-corrected chi connectivity index (χ1v) is 6.15. The van der Waals surface area contributed by atoms with Crippen molar-refractivity contribution in [2.45, 2.75) is 0 Å². The van der Waals surface area contributed by atoms with E-state index in [0.29, 0.717) is 5.69 Å². The minimum absolute atomic E-state index is 0.244. The van der Waals surface area contributed by atoms with Gasteiger partial charge < -0.3 is 15.0 Å². The van der Waals surface area contributed by atoms with Crippen LogP contribution in [0.4, 0.5) is 11.4 Å². The van der Waals surface area contributed by atoms with Gasteiger partial charge in [0.1, 0.15) is 0 Å². The van der Waals surface area contributed by atoms with Crippen LogP contribution in [0.3, 0.4) is 0 Å². The third kappa shape index (κ3) is 2.09. The number of nitrogens with one attached hydrogen (secondary N) is 1. The molecule has 0 aliphatic heterocycles. The number of carbonyl (C=O) groups is 1. The van der Waals surface area contributed by atoms with Gasteiger partial charge in [-0.05, 0) is 30.3 Å². The van der Waals surface area contributed by atoms with Crippen LogP contribution in [0.15, 0.2) is 48.8 Å². The van der Waals surface area contributed by atoms with Crippen LogP contribution in [0.2, 0.25) is 0 Å². The maximum absolute atomic E-state index is 11.2. The second-order valence-corrected chi connectivity index (χ2v) is 4.53. The van der Waals surface area contributed by atoms with Gasteiger partial charge in [-0.1, -0.05) is 12.1 Å². The fraction of sp³-hybridized carbons (Fsp3) is 0.0667. The van der Waals surface area contributed by atoms with Gasteiger partial charge in [-0.25, -0.2) is 9.78 Å². The van der Waals surface area contributed by atoms with E-state index in [1.165, 1.54) is 0 Å². The minimum atomic E-state index is -0.952. The van der Waals surface area contributed by atoms with Gasteiger partial charge in [-0.3, -0.25) is 0 Å². The smallest absolute Gasteiger partial charge is 0.337 e. The lowest BCUT2D eigenvalue weighted by Gasteiger charge is -2.09. The van der Waals surface area contributed by atoms with E-state index < -0.39 is 5.97 Å². The number of hydrogen-bond acceptors (Lipinski definition) is 3. The van der Waals surface area contributed by atoms with Crippen molar-refractivity contribution in [2.24, 2.45) is 7.05 Å². The number of fused-ring (bicyclic) bond motifs is 1. The number of para-hydroxylation sites is 1. The lowest BCUT2D eigenvalue weighted by atomic mass is 10.1. The summed E-state index contributed by atoms with van der Waals surface area (Å²) in [7, 11) is 1.93. The second kappa shape index (κ2) is 4.70. The second-order valence-electron chi connectivity index (χ2n) is 4.53. The van der Waals surface area contributed by atoms with Crippen LogP contribution in [-0.4, -0.2) is 20.6 Å². The van der Waals surface area contributed by atoms with Crippen LogP contribution >= 0.6 is 0 Å². The third-order valence-corrected chi connectivity index (χ3v) is 3.16. The summed E-state index contributed by atoms with van der Waals surface area (Å²) in [5.74, 6) is -0.952. The number of hydrogen-bond donors (Lipinski definition) is 2. The molecular formula is C15H13N3O2. The van der Waals surface area contributed by atoms with Gasteiger partial charge in [-0.15, -0.1) is 0 Å². The average Bonchev–Trinajstić information content (AvgIpc) is 2.80. The summed E-state index contributed by atoms with van der Waals surface area (Å²) in [6, 6.07) is 12.6. The summed E-state index contributed by atoms with van der Waals surface area (Å²) in [4.78, 5) is 15.5. The Balaban J connectivity index is 1.99. The molecule has 0 aliphatic carbocycles. The van der Waals surface area contributed by atoms with Crippen molar-refractivity contribution < 1.29 is 9.90 Å². The fourth-order valence-electron chi connectivity index (χ4n) is 2.15. The van der Waals surface area contributed by atoms with Gasteiger partial charge in [-0.2, -0.15) is 0 Å². The van der Waals surface area contributed by atoms with Crippen molar-refractivity contribution in [2.75, 3.05) is 5.32 Å². The number of imidazole rings is 1. The van der Waals surface area contributed by atoms with E-state index in [0.717, 1.165) is 16.7 Å². The highest BCUT2D eigenvalue weighted by Gasteiger charge is 2.09. The zero-order valence-corrected chi connectivity index (χ0v) is 10.9. The molecule has 0 saturated heterocycles. The maximum atomic E-state index is 11.2. The van der Waals surface area contributed by atoms with Crippen LogP contribution in [0, 0.1) is 0 Å². The van der Waals surface area contributed by atoms with Crippen molar-refractivity contribution in [3.05, 3.63) is 54.4 Å². The summed E-state index contributed by atoms with van der Waals surface area (Å²) >= 11 is 0. The normalized spacial score (nSPS) is 10.7. The van der Waals surface area contributed by atoms with Crippen LogP contribution in [0.25, 0.3) is 11.0 Å². The Morgan fingerprint density at radius 2 is 2.05 bits per heavy atom. The van der Waals surface area contributed by atoms with Gasteiger partial charge in [0.05, 0.1) is 28.6 Å². The number of anilines is 2. The lowest BCUT2D eigenvalue weighted by molar-refractivity contribution is 0.0698. The number of carboxylic acids is 1. The molecule has 0 radical (unpaired) electrons. The molecule has 0 atom stereocenters. The third-order valence-electron chi connectivity index (χ3n) is 3.16. The molecule has 0 fully saturated rings. The molecule has 3 aromatic rings. The van der Waals surface area contributed by atoms with Gasteiger partial charge in [0.15, 0.2) is 0 Å². The number of rotatable bonds is 3. The largest absolute Gasteiger partial charge is 0.478 e. The zero-order valence-electron chi connectivity index (χ0n) is 10.9. The Labute approximate surface area is 115 Å². The highest BCUT2D eigenvalue weighted by molar-refractivity contribution is 5.95. The number of benzene rings is 2. The molecule has 100 valence electrons. The van der Waals surface area contributed by atoms with Crippen molar-refractivity contribution >= 4 is 28.4 Å². The Kier molecular flexibility index (Phi) is 2.87. The van der Waals surface area contributed by atoms with E-state index in [1.54, 1.807) is 30.6 Å². The highest BCUT2D eigenvalue weighted by Crippen LogP contribution is 2.23. The zero-order chi connectivity index (χ0) is 14.1. The number of aromatic carboxylic acids is 1. The number of carboxylic acid groups (broad SMARTS) is 1. The summed E-state index contributed by atoms with van der Waals surface area (Å²) in [5, 5.41) is 12.3. The van der Waals surface area contributed by atoms with Gasteiger partial charge >= 0.3 is 5.97 Å². The first kappa shape index (κ1) is 12.2. The van der Waals surface area contributed by atoms with Crippen molar-refractivity contribution in [3.63, 3.8) is 0 Å². The summed E-state index contributed by atoms with van der Waals surface area (Å²) in [5.41, 5.74) is 3.51. The molecular weight excluding hydrogens is 254 g/mol. The summed E-state index contributed by atoms with van der Waals surface area (Å²) in [6.45, 7) is 0. The Hall–Kier alpha value is -2.82. The Bertz CT molecular complexity index is 793. The van der Waals surface area contributed by atoms with Crippen LogP contribution in [0.1, 0.15) is 10.4 Å². The molecule has 0 bridgehead atoms. The molecule has 0 spiro atoms. The molecule has 0 aliphatic rings. The van der Waals surface area contributed by atoms with Gasteiger partial charge in [0.25, 0.3) is 0 Å². The molecule has 2 N–H and O–H groups in total. The number of aromatic nitrogens is 2. The monoisotopic (exact) mass is 267 g/mol. The standard InChI is InChI=1S/C15H13N3O2/c1-18-9-16-13-8-10(6-7-14(13)18)17-12-5-3-2-4-11(12)15(19)20/h2-9,17H,1H3,(H,19,20). The molecule has 20 heavy (non-hydrogen) atoms. The lowest BCUT2D eigenvalue weighted by Crippen LogP contribution is -2.02. The number of nitrogens with zero attached hydrogens (tertiary/aromatic N) is 2. The van der Waals surface area contributed by atoms with Gasteiger partial charge in [0.2, 0.25) is 0 Å². The molecule has 0 saturated carbocycles. The average molecular weight is 267 g/mol. The molecule has 1 aromatic heterocycles. The molecule has 2 aromatic carbocycles. The van der Waals surface area contributed by atoms with E-state index in [1.807, 2.05) is 29.8 Å². The predicted octanol–water partition coefficient (Wildman–Crippen LogP) is 3.02. The molecule has 5 nitrogen and oxygen atoms in total. The Morgan fingerprint density at radius 1 is 1.25 bits per heavy atom. The fourth-order valence-corrected chi connectivity index (χ4v) is 2.15. The SMILES string of the molecule is Cn1cnc2cc(Nc3ccccc3C(=O)O)ccc21. The highest BCUT2D eigenvalue weighted by atomic mass is 16.4. The van der Waals surface area contributed by atoms with Crippen molar-refractivity contribution in [1.82, 2.24) is 9.55 Å². The molecule has 0 unspecified atom stereocenters. The molecule has 5 heteroatoms. The molecule has 3 rings (SSSR count). The summed E-state index contributed by atoms with van der Waals surface area (Å²) < 4.78 is 1.93. The predicted molar refractivity (Wildman–Crippen MR) is 77.4 cm³/mol. The quantitative estimate of drug-likeness (QED) is 0.765. The van der Waals surface area contributed by atoms with Crippen LogP contribution in [0.5, 0.6) is 0 Å². The van der Waals surface area contributed by atoms with E-state index in [9.17, 15) is 4.79 Å².